The van der Waals surface area contributed by atoms with Crippen molar-refractivity contribution >= 4 is 51.0 Å². The van der Waals surface area contributed by atoms with Crippen molar-refractivity contribution < 1.29 is 14.0 Å². The first-order chi connectivity index (χ1) is 13.0. The van der Waals surface area contributed by atoms with Crippen LogP contribution in [-0.4, -0.2) is 22.6 Å². The van der Waals surface area contributed by atoms with Crippen molar-refractivity contribution in [3.05, 3.63) is 40.3 Å². The predicted molar refractivity (Wildman–Crippen MR) is 107 cm³/mol. The third-order valence-corrected chi connectivity index (χ3v) is 6.61. The normalized spacial score (nSPS) is 16.3. The number of carbonyl (C=O) groups is 2. The minimum atomic E-state index is -0.482. The van der Waals surface area contributed by atoms with Crippen LogP contribution in [0.1, 0.15) is 34.1 Å². The van der Waals surface area contributed by atoms with E-state index in [1.54, 1.807) is 0 Å². The highest BCUT2D eigenvalue weighted by molar-refractivity contribution is 7.99. The minimum absolute atomic E-state index is 0.143. The molecular weight excluding hydrogens is 382 g/mol. The third-order valence-electron chi connectivity index (χ3n) is 4.61. The number of benzene rings is 1. The fourth-order valence-corrected chi connectivity index (χ4v) is 5.37. The second kappa shape index (κ2) is 7.36. The highest BCUT2D eigenvalue weighted by atomic mass is 32.2. The largest absolute Gasteiger partial charge is 0.431 e. The van der Waals surface area contributed by atoms with E-state index in [1.165, 1.54) is 23.1 Å². The van der Waals surface area contributed by atoms with Crippen LogP contribution >= 0.6 is 23.1 Å². The zero-order valence-electron chi connectivity index (χ0n) is 14.8. The average Bonchev–Trinajstić information content (AvgIpc) is 3.19. The van der Waals surface area contributed by atoms with Crippen molar-refractivity contribution in [1.82, 2.24) is 4.98 Å². The zero-order valence-corrected chi connectivity index (χ0v) is 16.4. The van der Waals surface area contributed by atoms with Crippen molar-refractivity contribution in [1.29, 1.82) is 0 Å². The minimum Gasteiger partial charge on any atom is -0.431 e. The lowest BCUT2D eigenvalue weighted by Gasteiger charge is -2.18. The second-order valence-electron chi connectivity index (χ2n) is 6.70. The Balaban J connectivity index is 1.47. The van der Waals surface area contributed by atoms with Gasteiger partial charge in [-0.25, -0.2) is 4.98 Å². The quantitative estimate of drug-likeness (QED) is 0.633. The number of hydrogen-bond donors (Lipinski definition) is 2. The van der Waals surface area contributed by atoms with E-state index >= 15 is 0 Å². The Hall–Kier alpha value is -2.32. The lowest BCUT2D eigenvalue weighted by Crippen LogP contribution is -2.20. The van der Waals surface area contributed by atoms with Crippen LogP contribution in [0, 0.1) is 5.92 Å². The Bertz CT molecular complexity index is 992. The smallest absolute Gasteiger partial charge is 0.257 e. The number of thiophene rings is 1. The van der Waals surface area contributed by atoms with Gasteiger partial charge in [-0.15, -0.1) is 11.3 Å². The molecule has 8 heteroatoms. The highest BCUT2D eigenvalue weighted by Gasteiger charge is 2.27. The van der Waals surface area contributed by atoms with Gasteiger partial charge in [-0.1, -0.05) is 30.8 Å². The highest BCUT2D eigenvalue weighted by Crippen LogP contribution is 2.39. The molecule has 0 spiro atoms. The molecule has 0 aliphatic heterocycles. The summed E-state index contributed by atoms with van der Waals surface area (Å²) >= 11 is 2.69. The van der Waals surface area contributed by atoms with Gasteiger partial charge in [0.2, 0.25) is 5.91 Å². The van der Waals surface area contributed by atoms with E-state index < -0.39 is 5.91 Å². The number of para-hydroxylation sites is 2. The number of primary amides is 1. The Labute approximate surface area is 164 Å². The molecule has 0 saturated heterocycles. The zero-order chi connectivity index (χ0) is 19.0. The summed E-state index contributed by atoms with van der Waals surface area (Å²) in [5, 5.41) is 3.86. The first kappa shape index (κ1) is 18.1. The number of amides is 2. The van der Waals surface area contributed by atoms with E-state index in [2.05, 4.69) is 17.2 Å². The number of aromatic nitrogens is 1. The number of fused-ring (bicyclic) bond motifs is 2. The molecule has 3 N–H and O–H groups in total. The van der Waals surface area contributed by atoms with E-state index in [-0.39, 0.29) is 11.7 Å². The van der Waals surface area contributed by atoms with E-state index in [0.29, 0.717) is 27.3 Å². The molecule has 0 saturated carbocycles. The molecule has 2 amide bonds. The molecule has 1 aliphatic carbocycles. The molecule has 6 nitrogen and oxygen atoms in total. The number of hydrogen-bond acceptors (Lipinski definition) is 6. The molecule has 2 heterocycles. The SMILES string of the molecule is CC1CCc2c(sc(NC(=O)CSc3nc4ccccc4o3)c2C(N)=O)C1. The van der Waals surface area contributed by atoms with Gasteiger partial charge in [0.1, 0.15) is 10.5 Å². The lowest BCUT2D eigenvalue weighted by atomic mass is 9.88. The Morgan fingerprint density at radius 1 is 1.41 bits per heavy atom. The van der Waals surface area contributed by atoms with Crippen molar-refractivity contribution in [2.75, 3.05) is 11.1 Å². The number of rotatable bonds is 5. The molecule has 140 valence electrons. The van der Waals surface area contributed by atoms with Crippen LogP contribution in [0.15, 0.2) is 33.9 Å². The van der Waals surface area contributed by atoms with Crippen LogP contribution < -0.4 is 11.1 Å². The van der Waals surface area contributed by atoms with Gasteiger partial charge in [0, 0.05) is 4.88 Å². The number of thioether (sulfide) groups is 1. The number of oxazole rings is 1. The predicted octanol–water partition coefficient (Wildman–Crippen LogP) is 3.84. The Morgan fingerprint density at radius 2 is 2.22 bits per heavy atom. The van der Waals surface area contributed by atoms with Gasteiger partial charge in [0.05, 0.1) is 11.3 Å². The molecule has 27 heavy (non-hydrogen) atoms. The van der Waals surface area contributed by atoms with Gasteiger partial charge < -0.3 is 15.5 Å². The number of nitrogens with one attached hydrogen (secondary N) is 1. The molecule has 1 aromatic carbocycles. The molecule has 1 atom stereocenters. The van der Waals surface area contributed by atoms with Gasteiger partial charge in [-0.05, 0) is 42.9 Å². The molecule has 4 rings (SSSR count). The van der Waals surface area contributed by atoms with Gasteiger partial charge >= 0.3 is 0 Å². The molecule has 0 bridgehead atoms. The number of anilines is 1. The number of carbonyl (C=O) groups excluding carboxylic acids is 2. The summed E-state index contributed by atoms with van der Waals surface area (Å²) in [5.41, 5.74) is 8.52. The monoisotopic (exact) mass is 401 g/mol. The summed E-state index contributed by atoms with van der Waals surface area (Å²) in [6.45, 7) is 2.20. The molecule has 0 fully saturated rings. The van der Waals surface area contributed by atoms with Crippen LogP contribution in [-0.2, 0) is 17.6 Å². The topological polar surface area (TPSA) is 98.2 Å². The lowest BCUT2D eigenvalue weighted by molar-refractivity contribution is -0.113. The van der Waals surface area contributed by atoms with Crippen molar-refractivity contribution in [3.8, 4) is 0 Å². The van der Waals surface area contributed by atoms with Crippen LogP contribution in [0.2, 0.25) is 0 Å². The van der Waals surface area contributed by atoms with Crippen molar-refractivity contribution in [2.45, 2.75) is 31.4 Å². The van der Waals surface area contributed by atoms with Crippen LogP contribution in [0.5, 0.6) is 0 Å². The summed E-state index contributed by atoms with van der Waals surface area (Å²) in [6.07, 6.45) is 2.79. The van der Waals surface area contributed by atoms with Crippen molar-refractivity contribution in [3.63, 3.8) is 0 Å². The van der Waals surface area contributed by atoms with Gasteiger partial charge in [-0.3, -0.25) is 9.59 Å². The maximum Gasteiger partial charge on any atom is 0.257 e. The molecule has 2 aromatic heterocycles. The first-order valence-electron chi connectivity index (χ1n) is 8.74. The second-order valence-corrected chi connectivity index (χ2v) is 8.74. The van der Waals surface area contributed by atoms with Gasteiger partial charge in [0.15, 0.2) is 5.58 Å². The average molecular weight is 402 g/mol. The van der Waals surface area contributed by atoms with Gasteiger partial charge in [-0.2, -0.15) is 0 Å². The third kappa shape index (κ3) is 3.72. The maximum absolute atomic E-state index is 12.4. The summed E-state index contributed by atoms with van der Waals surface area (Å²) < 4.78 is 5.61. The summed E-state index contributed by atoms with van der Waals surface area (Å²) in [6, 6.07) is 7.46. The summed E-state index contributed by atoms with van der Waals surface area (Å²) in [5.74, 6) is 0.0276. The fourth-order valence-electron chi connectivity index (χ4n) is 3.30. The van der Waals surface area contributed by atoms with E-state index in [9.17, 15) is 9.59 Å². The number of nitrogens with two attached hydrogens (primary N) is 1. The molecule has 1 aliphatic rings. The molecule has 1 unspecified atom stereocenters. The maximum atomic E-state index is 12.4. The van der Waals surface area contributed by atoms with Crippen LogP contribution in [0.4, 0.5) is 5.00 Å². The van der Waals surface area contributed by atoms with Crippen LogP contribution in [0.3, 0.4) is 0 Å². The first-order valence-corrected chi connectivity index (χ1v) is 10.5. The van der Waals surface area contributed by atoms with Crippen LogP contribution in [0.25, 0.3) is 11.1 Å². The van der Waals surface area contributed by atoms with Crippen molar-refractivity contribution in [2.24, 2.45) is 11.7 Å². The molecule has 0 radical (unpaired) electrons. The van der Waals surface area contributed by atoms with E-state index in [0.717, 1.165) is 35.2 Å². The standard InChI is InChI=1S/C19H19N3O3S2/c1-10-6-7-11-14(8-10)27-18(16(11)17(20)24)22-15(23)9-26-19-21-12-4-2-3-5-13(12)25-19/h2-5,10H,6-9H2,1H3,(H2,20,24)(H,22,23). The summed E-state index contributed by atoms with van der Waals surface area (Å²) in [7, 11) is 0. The number of nitrogens with zero attached hydrogens (tertiary/aromatic N) is 1. The molecule has 3 aromatic rings. The van der Waals surface area contributed by atoms with E-state index in [1.807, 2.05) is 24.3 Å². The Morgan fingerprint density at radius 3 is 3.00 bits per heavy atom. The van der Waals surface area contributed by atoms with E-state index in [4.69, 9.17) is 10.2 Å². The van der Waals surface area contributed by atoms with Gasteiger partial charge in [0.25, 0.3) is 11.1 Å². The Kier molecular flexibility index (Phi) is 4.92. The summed E-state index contributed by atoms with van der Waals surface area (Å²) in [4.78, 5) is 29.9. The molecular formula is C19H19N3O3S2. The fraction of sp³-hybridized carbons (Fsp3) is 0.316.